The molecule has 0 aromatic heterocycles. The molecule has 1 aliphatic heterocycles. The van der Waals surface area contributed by atoms with Gasteiger partial charge in [0.15, 0.2) is 0 Å². The van der Waals surface area contributed by atoms with E-state index >= 15 is 0 Å². The highest BCUT2D eigenvalue weighted by Crippen LogP contribution is 2.23. The molecule has 2 N–H and O–H groups in total. The van der Waals surface area contributed by atoms with Crippen molar-refractivity contribution >= 4 is 5.91 Å². The van der Waals surface area contributed by atoms with Crippen LogP contribution in [0.4, 0.5) is 0 Å². The highest BCUT2D eigenvalue weighted by atomic mass is 16.5. The van der Waals surface area contributed by atoms with Gasteiger partial charge in [-0.2, -0.15) is 0 Å². The Hall–Kier alpha value is -0.610. The van der Waals surface area contributed by atoms with E-state index in [1.165, 1.54) is 0 Å². The second kappa shape index (κ2) is 4.58. The van der Waals surface area contributed by atoms with Crippen LogP contribution in [0.15, 0.2) is 0 Å². The molecule has 0 spiro atoms. The first-order valence-corrected chi connectivity index (χ1v) is 4.71. The molecular weight excluding hydrogens is 168 g/mol. The summed E-state index contributed by atoms with van der Waals surface area (Å²) in [6.07, 6.45) is 2.20. The van der Waals surface area contributed by atoms with Crippen LogP contribution in [0, 0.1) is 0 Å². The van der Waals surface area contributed by atoms with Crippen LogP contribution in [-0.2, 0) is 9.53 Å². The highest BCUT2D eigenvalue weighted by Gasteiger charge is 2.29. The standard InChI is InChI=1S/C9H18N2O2/c1-9(4-3-5-13-9)7-11-6-8(12)10-2/h11H,3-7H2,1-2H3,(H,10,12). The molecule has 13 heavy (non-hydrogen) atoms. The smallest absolute Gasteiger partial charge is 0.233 e. The maximum Gasteiger partial charge on any atom is 0.233 e. The molecule has 0 radical (unpaired) electrons. The predicted molar refractivity (Wildman–Crippen MR) is 50.5 cm³/mol. The van der Waals surface area contributed by atoms with Crippen molar-refractivity contribution in [2.45, 2.75) is 25.4 Å². The first-order chi connectivity index (χ1) is 6.16. The van der Waals surface area contributed by atoms with Crippen molar-refractivity contribution in [1.29, 1.82) is 0 Å². The molecule has 1 heterocycles. The summed E-state index contributed by atoms with van der Waals surface area (Å²) in [5.74, 6) is 0.0154. The van der Waals surface area contributed by atoms with Crippen molar-refractivity contribution < 1.29 is 9.53 Å². The van der Waals surface area contributed by atoms with Crippen molar-refractivity contribution in [3.8, 4) is 0 Å². The van der Waals surface area contributed by atoms with Crippen LogP contribution in [0.2, 0.25) is 0 Å². The third kappa shape index (κ3) is 3.32. The monoisotopic (exact) mass is 186 g/mol. The van der Waals surface area contributed by atoms with Crippen LogP contribution in [0.1, 0.15) is 19.8 Å². The first kappa shape index (κ1) is 10.5. The number of hydrogen-bond acceptors (Lipinski definition) is 3. The largest absolute Gasteiger partial charge is 0.374 e. The first-order valence-electron chi connectivity index (χ1n) is 4.71. The third-order valence-electron chi connectivity index (χ3n) is 2.36. The zero-order valence-electron chi connectivity index (χ0n) is 8.35. The van der Waals surface area contributed by atoms with Crippen molar-refractivity contribution in [2.75, 3.05) is 26.7 Å². The van der Waals surface area contributed by atoms with E-state index in [4.69, 9.17) is 4.74 Å². The van der Waals surface area contributed by atoms with E-state index in [1.54, 1.807) is 7.05 Å². The van der Waals surface area contributed by atoms with Gasteiger partial charge in [0.2, 0.25) is 5.91 Å². The van der Waals surface area contributed by atoms with E-state index in [-0.39, 0.29) is 11.5 Å². The van der Waals surface area contributed by atoms with Gasteiger partial charge in [-0.25, -0.2) is 0 Å². The second-order valence-electron chi connectivity index (χ2n) is 3.68. The maximum absolute atomic E-state index is 10.9. The molecule has 1 amide bonds. The lowest BCUT2D eigenvalue weighted by Gasteiger charge is -2.23. The molecule has 0 aromatic rings. The Balaban J connectivity index is 2.14. The summed E-state index contributed by atoms with van der Waals surface area (Å²) in [6.45, 7) is 4.05. The molecule has 4 nitrogen and oxygen atoms in total. The summed E-state index contributed by atoms with van der Waals surface area (Å²) in [7, 11) is 1.64. The van der Waals surface area contributed by atoms with E-state index in [9.17, 15) is 4.79 Å². The minimum absolute atomic E-state index is 0.0154. The molecule has 1 atom stereocenters. The Morgan fingerprint density at radius 2 is 2.38 bits per heavy atom. The van der Waals surface area contributed by atoms with Crippen molar-refractivity contribution in [2.24, 2.45) is 0 Å². The fourth-order valence-corrected chi connectivity index (χ4v) is 1.51. The number of likely N-dealkylation sites (N-methyl/N-ethyl adjacent to an activating group) is 1. The van der Waals surface area contributed by atoms with Crippen molar-refractivity contribution in [1.82, 2.24) is 10.6 Å². The molecule has 1 fully saturated rings. The highest BCUT2D eigenvalue weighted by molar-refractivity contribution is 5.77. The van der Waals surface area contributed by atoms with E-state index in [1.807, 2.05) is 0 Å². The second-order valence-corrected chi connectivity index (χ2v) is 3.68. The van der Waals surface area contributed by atoms with E-state index in [0.29, 0.717) is 6.54 Å². The van der Waals surface area contributed by atoms with Gasteiger partial charge < -0.3 is 15.4 Å². The van der Waals surface area contributed by atoms with Crippen LogP contribution in [0.3, 0.4) is 0 Å². The van der Waals surface area contributed by atoms with Gasteiger partial charge >= 0.3 is 0 Å². The lowest BCUT2D eigenvalue weighted by molar-refractivity contribution is -0.119. The molecule has 76 valence electrons. The number of nitrogens with one attached hydrogen (secondary N) is 2. The average molecular weight is 186 g/mol. The lowest BCUT2D eigenvalue weighted by Crippen LogP contribution is -2.41. The molecule has 1 rings (SSSR count). The van der Waals surface area contributed by atoms with Gasteiger partial charge in [0.05, 0.1) is 12.1 Å². The average Bonchev–Trinajstić information content (AvgIpc) is 2.52. The van der Waals surface area contributed by atoms with Gasteiger partial charge in [-0.15, -0.1) is 0 Å². The Labute approximate surface area is 79.0 Å². The maximum atomic E-state index is 10.9. The Morgan fingerprint density at radius 3 is 2.92 bits per heavy atom. The molecule has 1 saturated heterocycles. The van der Waals surface area contributed by atoms with Crippen LogP contribution in [0.25, 0.3) is 0 Å². The zero-order chi connectivity index (χ0) is 9.73. The summed E-state index contributed by atoms with van der Waals surface area (Å²) in [4.78, 5) is 10.9. The fourth-order valence-electron chi connectivity index (χ4n) is 1.51. The summed E-state index contributed by atoms with van der Waals surface area (Å²) < 4.78 is 5.56. The minimum Gasteiger partial charge on any atom is -0.374 e. The number of amides is 1. The number of carbonyl (C=O) groups excluding carboxylic acids is 1. The van der Waals surface area contributed by atoms with Gasteiger partial charge in [-0.05, 0) is 19.8 Å². The van der Waals surface area contributed by atoms with E-state index in [0.717, 1.165) is 26.0 Å². The number of rotatable bonds is 4. The Bertz CT molecular complexity index is 176. The molecule has 0 saturated carbocycles. The van der Waals surface area contributed by atoms with E-state index < -0.39 is 0 Å². The van der Waals surface area contributed by atoms with Crippen molar-refractivity contribution in [3.05, 3.63) is 0 Å². The molecule has 0 aliphatic carbocycles. The molecule has 0 aromatic carbocycles. The van der Waals surface area contributed by atoms with Crippen molar-refractivity contribution in [3.63, 3.8) is 0 Å². The lowest BCUT2D eigenvalue weighted by atomic mass is 10.0. The zero-order valence-corrected chi connectivity index (χ0v) is 8.35. The number of ether oxygens (including phenoxy) is 1. The Morgan fingerprint density at radius 1 is 1.62 bits per heavy atom. The topological polar surface area (TPSA) is 50.4 Å². The normalized spacial score (nSPS) is 27.5. The number of carbonyl (C=O) groups is 1. The molecule has 4 heteroatoms. The van der Waals surface area contributed by atoms with Crippen LogP contribution < -0.4 is 10.6 Å². The van der Waals surface area contributed by atoms with Gasteiger partial charge in [-0.3, -0.25) is 4.79 Å². The van der Waals surface area contributed by atoms with Crippen LogP contribution >= 0.6 is 0 Å². The predicted octanol–water partition coefficient (Wildman–Crippen LogP) is -0.109. The molecule has 0 bridgehead atoms. The third-order valence-corrected chi connectivity index (χ3v) is 2.36. The van der Waals surface area contributed by atoms with Crippen LogP contribution in [-0.4, -0.2) is 38.3 Å². The van der Waals surface area contributed by atoms with Gasteiger partial charge in [0.1, 0.15) is 0 Å². The Kier molecular flexibility index (Phi) is 3.69. The fraction of sp³-hybridized carbons (Fsp3) is 0.889. The quantitative estimate of drug-likeness (QED) is 0.644. The minimum atomic E-state index is -0.0615. The van der Waals surface area contributed by atoms with Gasteiger partial charge in [-0.1, -0.05) is 0 Å². The summed E-state index contributed by atoms with van der Waals surface area (Å²) >= 11 is 0. The summed E-state index contributed by atoms with van der Waals surface area (Å²) in [6, 6.07) is 0. The summed E-state index contributed by atoms with van der Waals surface area (Å²) in [5, 5.41) is 5.64. The molecule has 1 aliphatic rings. The van der Waals surface area contributed by atoms with Gasteiger partial charge in [0, 0.05) is 20.2 Å². The van der Waals surface area contributed by atoms with E-state index in [2.05, 4.69) is 17.6 Å². The number of hydrogen-bond donors (Lipinski definition) is 2. The SMILES string of the molecule is CNC(=O)CNCC1(C)CCCO1. The van der Waals surface area contributed by atoms with Gasteiger partial charge in [0.25, 0.3) is 0 Å². The summed E-state index contributed by atoms with van der Waals surface area (Å²) in [5.41, 5.74) is -0.0615. The molecule has 1 unspecified atom stereocenters. The van der Waals surface area contributed by atoms with Crippen LogP contribution in [0.5, 0.6) is 0 Å². The molecular formula is C9H18N2O2.